The maximum Gasteiger partial charge on any atom is 0.251 e. The van der Waals surface area contributed by atoms with Crippen LogP contribution in [0.1, 0.15) is 43.5 Å². The zero-order chi connectivity index (χ0) is 26.4. The molecule has 3 aromatic carbocycles. The fraction of sp³-hybridized carbons (Fsp3) is 0.276. The Bertz CT molecular complexity index is 1230. The van der Waals surface area contributed by atoms with Gasteiger partial charge in [0.25, 0.3) is 5.91 Å². The molecule has 37 heavy (non-hydrogen) atoms. The van der Waals surface area contributed by atoms with Crippen molar-refractivity contribution < 1.29 is 24.2 Å². The third-order valence-electron chi connectivity index (χ3n) is 6.09. The Morgan fingerprint density at radius 1 is 0.919 bits per heavy atom. The topological polar surface area (TPSA) is 117 Å². The fourth-order valence-corrected chi connectivity index (χ4v) is 4.24. The van der Waals surface area contributed by atoms with Crippen molar-refractivity contribution in [2.45, 2.75) is 44.6 Å². The van der Waals surface area contributed by atoms with Gasteiger partial charge in [-0.05, 0) is 35.6 Å². The average Bonchev–Trinajstić information content (AvgIpc) is 3.03. The van der Waals surface area contributed by atoms with Gasteiger partial charge in [0, 0.05) is 0 Å². The molecule has 3 aromatic rings. The molecule has 0 aliphatic carbocycles. The SMILES string of the molecule is CC(C)C[C@H](O)C(=O)N[C@H](C(=O)N[C@@H]1C(=O)Nc2ccccc2O[C@H]1c1ccccc1)c1ccccc1. The number of carbonyl (C=O) groups is 3. The first-order valence-corrected chi connectivity index (χ1v) is 12.3. The largest absolute Gasteiger partial charge is 0.481 e. The van der Waals surface area contributed by atoms with Gasteiger partial charge in [0.05, 0.1) is 5.69 Å². The van der Waals surface area contributed by atoms with Gasteiger partial charge < -0.3 is 25.8 Å². The van der Waals surface area contributed by atoms with Gasteiger partial charge in [-0.3, -0.25) is 14.4 Å². The fourth-order valence-electron chi connectivity index (χ4n) is 4.24. The molecular weight excluding hydrogens is 470 g/mol. The number of carbonyl (C=O) groups excluding carboxylic acids is 3. The van der Waals surface area contributed by atoms with E-state index in [0.29, 0.717) is 22.6 Å². The molecule has 1 aliphatic rings. The second-order valence-corrected chi connectivity index (χ2v) is 9.42. The molecule has 0 unspecified atom stereocenters. The van der Waals surface area contributed by atoms with E-state index in [9.17, 15) is 19.5 Å². The molecule has 4 N–H and O–H groups in total. The van der Waals surface area contributed by atoms with E-state index in [1.807, 2.05) is 44.2 Å². The summed E-state index contributed by atoms with van der Waals surface area (Å²) in [6.07, 6.45) is -1.84. The minimum Gasteiger partial charge on any atom is -0.481 e. The summed E-state index contributed by atoms with van der Waals surface area (Å²) < 4.78 is 6.25. The van der Waals surface area contributed by atoms with Crippen molar-refractivity contribution in [1.82, 2.24) is 10.6 Å². The van der Waals surface area contributed by atoms with Crippen LogP contribution in [0, 0.1) is 5.92 Å². The van der Waals surface area contributed by atoms with Gasteiger partial charge >= 0.3 is 0 Å². The standard InChI is InChI=1S/C29H31N3O5/c1-18(2)17-22(33)27(34)31-24(19-11-5-3-6-12-19)28(35)32-25-26(20-13-7-4-8-14-20)37-23-16-10-9-15-21(23)30-29(25)36/h3-16,18,22,24-26,33H,17H2,1-2H3,(H,30,36)(H,31,34)(H,32,35)/t22-,24-,25-,26-/m0/s1. The Labute approximate surface area is 216 Å². The highest BCUT2D eigenvalue weighted by Gasteiger charge is 2.38. The number of hydrogen-bond donors (Lipinski definition) is 4. The predicted molar refractivity (Wildman–Crippen MR) is 140 cm³/mol. The molecule has 1 heterocycles. The lowest BCUT2D eigenvalue weighted by Gasteiger charge is -2.28. The van der Waals surface area contributed by atoms with Crippen molar-refractivity contribution >= 4 is 23.4 Å². The smallest absolute Gasteiger partial charge is 0.251 e. The minimum atomic E-state index is -1.27. The summed E-state index contributed by atoms with van der Waals surface area (Å²) in [6, 6.07) is 22.7. The Balaban J connectivity index is 1.64. The molecule has 4 rings (SSSR count). The van der Waals surface area contributed by atoms with Crippen molar-refractivity contribution in [3.63, 3.8) is 0 Å². The highest BCUT2D eigenvalue weighted by molar-refractivity contribution is 6.00. The summed E-state index contributed by atoms with van der Waals surface area (Å²) in [5, 5.41) is 18.6. The molecule has 0 bridgehead atoms. The molecular formula is C29H31N3O5. The van der Waals surface area contributed by atoms with Crippen LogP contribution in [-0.2, 0) is 14.4 Å². The summed E-state index contributed by atoms with van der Waals surface area (Å²) in [5.74, 6) is -1.15. The van der Waals surface area contributed by atoms with Gasteiger partial charge in [-0.1, -0.05) is 86.6 Å². The third kappa shape index (κ3) is 6.34. The van der Waals surface area contributed by atoms with E-state index >= 15 is 0 Å². The summed E-state index contributed by atoms with van der Waals surface area (Å²) >= 11 is 0. The van der Waals surface area contributed by atoms with Crippen LogP contribution in [0.25, 0.3) is 0 Å². The van der Waals surface area contributed by atoms with E-state index < -0.39 is 42.0 Å². The molecule has 8 nitrogen and oxygen atoms in total. The van der Waals surface area contributed by atoms with E-state index in [2.05, 4.69) is 16.0 Å². The number of aliphatic hydroxyl groups excluding tert-OH is 1. The van der Waals surface area contributed by atoms with Gasteiger partial charge in [-0.2, -0.15) is 0 Å². The lowest BCUT2D eigenvalue weighted by molar-refractivity contribution is -0.136. The summed E-state index contributed by atoms with van der Waals surface area (Å²) in [4.78, 5) is 39.8. The number of benzene rings is 3. The van der Waals surface area contributed by atoms with E-state index in [4.69, 9.17) is 4.74 Å². The number of hydrogen-bond acceptors (Lipinski definition) is 5. The summed E-state index contributed by atoms with van der Waals surface area (Å²) in [5.41, 5.74) is 1.71. The number of amides is 3. The highest BCUT2D eigenvalue weighted by Crippen LogP contribution is 2.34. The van der Waals surface area contributed by atoms with Crippen LogP contribution in [0.3, 0.4) is 0 Å². The average molecular weight is 502 g/mol. The van der Waals surface area contributed by atoms with Crippen LogP contribution >= 0.6 is 0 Å². The predicted octanol–water partition coefficient (Wildman–Crippen LogP) is 3.51. The molecule has 8 heteroatoms. The Morgan fingerprint density at radius 3 is 2.22 bits per heavy atom. The molecule has 0 spiro atoms. The molecule has 0 radical (unpaired) electrons. The van der Waals surface area contributed by atoms with Crippen LogP contribution in [-0.4, -0.2) is 35.0 Å². The summed E-state index contributed by atoms with van der Waals surface area (Å²) in [7, 11) is 0. The van der Waals surface area contributed by atoms with Crippen LogP contribution < -0.4 is 20.7 Å². The van der Waals surface area contributed by atoms with Gasteiger partial charge in [0.15, 0.2) is 6.10 Å². The molecule has 192 valence electrons. The number of ether oxygens (including phenoxy) is 1. The first-order chi connectivity index (χ1) is 17.8. The Hall–Kier alpha value is -4.17. The van der Waals surface area contributed by atoms with Crippen LogP contribution in [0.15, 0.2) is 84.9 Å². The second-order valence-electron chi connectivity index (χ2n) is 9.42. The van der Waals surface area contributed by atoms with Crippen molar-refractivity contribution in [2.24, 2.45) is 5.92 Å². The molecule has 4 atom stereocenters. The van der Waals surface area contributed by atoms with E-state index in [0.717, 1.165) is 0 Å². The van der Waals surface area contributed by atoms with Crippen molar-refractivity contribution in [2.75, 3.05) is 5.32 Å². The normalized spacial score (nSPS) is 18.4. The zero-order valence-electron chi connectivity index (χ0n) is 20.8. The monoisotopic (exact) mass is 501 g/mol. The molecule has 0 saturated carbocycles. The van der Waals surface area contributed by atoms with Crippen molar-refractivity contribution in [1.29, 1.82) is 0 Å². The molecule has 0 aromatic heterocycles. The minimum absolute atomic E-state index is 0.0878. The number of nitrogens with one attached hydrogen (secondary N) is 3. The molecule has 1 aliphatic heterocycles. The molecule has 3 amide bonds. The quantitative estimate of drug-likeness (QED) is 0.377. The van der Waals surface area contributed by atoms with Crippen LogP contribution in [0.2, 0.25) is 0 Å². The van der Waals surface area contributed by atoms with Crippen LogP contribution in [0.5, 0.6) is 5.75 Å². The molecule has 0 saturated heterocycles. The Morgan fingerprint density at radius 2 is 1.54 bits per heavy atom. The lowest BCUT2D eigenvalue weighted by atomic mass is 9.99. The van der Waals surface area contributed by atoms with E-state index in [-0.39, 0.29) is 12.3 Å². The highest BCUT2D eigenvalue weighted by atomic mass is 16.5. The summed E-state index contributed by atoms with van der Waals surface area (Å²) in [6.45, 7) is 3.79. The van der Waals surface area contributed by atoms with E-state index in [1.54, 1.807) is 54.6 Å². The van der Waals surface area contributed by atoms with Gasteiger partial charge in [-0.15, -0.1) is 0 Å². The zero-order valence-corrected chi connectivity index (χ0v) is 20.8. The first-order valence-electron chi connectivity index (χ1n) is 12.3. The Kier molecular flexibility index (Phi) is 8.20. The maximum atomic E-state index is 13.7. The maximum absolute atomic E-state index is 13.7. The van der Waals surface area contributed by atoms with Crippen LogP contribution in [0.4, 0.5) is 5.69 Å². The van der Waals surface area contributed by atoms with E-state index in [1.165, 1.54) is 0 Å². The lowest BCUT2D eigenvalue weighted by Crippen LogP contribution is -2.52. The first kappa shape index (κ1) is 25.9. The van der Waals surface area contributed by atoms with Crippen molar-refractivity contribution in [3.05, 3.63) is 96.1 Å². The number of anilines is 1. The number of fused-ring (bicyclic) bond motifs is 1. The van der Waals surface area contributed by atoms with Gasteiger partial charge in [0.2, 0.25) is 11.8 Å². The number of para-hydroxylation sites is 2. The third-order valence-corrected chi connectivity index (χ3v) is 6.09. The number of aliphatic hydroxyl groups is 1. The van der Waals surface area contributed by atoms with Gasteiger partial charge in [0.1, 0.15) is 23.9 Å². The molecule has 0 fully saturated rings. The number of rotatable bonds is 8. The van der Waals surface area contributed by atoms with Gasteiger partial charge in [-0.25, -0.2) is 0 Å². The van der Waals surface area contributed by atoms with Crippen molar-refractivity contribution in [3.8, 4) is 5.75 Å². The second kappa shape index (κ2) is 11.7.